The monoisotopic (exact) mass is 286 g/mol. The molecule has 8 nitrogen and oxygen atoms in total. The molecule has 0 aliphatic carbocycles. The Morgan fingerprint density at radius 1 is 1.53 bits per heavy atom. The lowest BCUT2D eigenvalue weighted by Crippen LogP contribution is -2.13. The first-order valence-corrected chi connectivity index (χ1v) is 6.21. The summed E-state index contributed by atoms with van der Waals surface area (Å²) < 4.78 is 14.8. The highest BCUT2D eigenvalue weighted by Gasteiger charge is 2.13. The van der Waals surface area contributed by atoms with E-state index in [9.17, 15) is 9.18 Å². The van der Waals surface area contributed by atoms with Crippen LogP contribution < -0.4 is 5.73 Å². The minimum atomic E-state index is -1.19. The Balaban J connectivity index is 1.83. The van der Waals surface area contributed by atoms with Crippen LogP contribution in [0.25, 0.3) is 0 Å². The number of nitrogens with zero attached hydrogens (tertiary/aromatic N) is 5. The zero-order valence-electron chi connectivity index (χ0n) is 9.73. The van der Waals surface area contributed by atoms with E-state index in [1.807, 2.05) is 0 Å². The number of carboxylic acids is 1. The van der Waals surface area contributed by atoms with Crippen molar-refractivity contribution in [3.05, 3.63) is 16.9 Å². The smallest absolute Gasteiger partial charge is 0.358 e. The van der Waals surface area contributed by atoms with E-state index in [0.717, 1.165) is 0 Å². The van der Waals surface area contributed by atoms with E-state index in [1.54, 1.807) is 0 Å². The molecule has 19 heavy (non-hydrogen) atoms. The van der Waals surface area contributed by atoms with Crippen LogP contribution >= 0.6 is 11.3 Å². The number of anilines is 1. The van der Waals surface area contributed by atoms with Gasteiger partial charge in [0.2, 0.25) is 5.13 Å². The van der Waals surface area contributed by atoms with Gasteiger partial charge in [-0.3, -0.25) is 0 Å². The van der Waals surface area contributed by atoms with Gasteiger partial charge >= 0.3 is 5.97 Å². The lowest BCUT2D eigenvalue weighted by Gasteiger charge is -2.05. The highest BCUT2D eigenvalue weighted by atomic mass is 32.1. The maximum Gasteiger partial charge on any atom is 0.358 e. The molecule has 2 aromatic rings. The number of aromatic carboxylic acids is 1. The Bertz CT molecular complexity index is 571. The normalized spacial score (nSPS) is 12.5. The van der Waals surface area contributed by atoms with Gasteiger partial charge in [-0.05, 0) is 6.42 Å². The Morgan fingerprint density at radius 3 is 2.89 bits per heavy atom. The third-order valence-electron chi connectivity index (χ3n) is 2.30. The summed E-state index contributed by atoms with van der Waals surface area (Å²) >= 11 is 1.22. The first kappa shape index (κ1) is 13.3. The second-order valence-electron chi connectivity index (χ2n) is 3.80. The predicted molar refractivity (Wildman–Crippen MR) is 64.5 cm³/mol. The summed E-state index contributed by atoms with van der Waals surface area (Å²) in [7, 11) is 0. The molecule has 0 radical (unpaired) electrons. The van der Waals surface area contributed by atoms with Crippen LogP contribution in [-0.2, 0) is 13.0 Å². The second kappa shape index (κ2) is 5.69. The summed E-state index contributed by atoms with van der Waals surface area (Å²) in [5.74, 6) is -1.19. The molecule has 0 aliphatic heterocycles. The molecule has 0 aliphatic rings. The van der Waals surface area contributed by atoms with Gasteiger partial charge in [0.15, 0.2) is 5.69 Å². The van der Waals surface area contributed by atoms with Crippen molar-refractivity contribution in [3.8, 4) is 0 Å². The number of hydrogen-bond donors (Lipinski definition) is 2. The van der Waals surface area contributed by atoms with E-state index < -0.39 is 12.1 Å². The van der Waals surface area contributed by atoms with Crippen LogP contribution in [0.15, 0.2) is 6.20 Å². The molecule has 1 unspecified atom stereocenters. The molecule has 0 amide bonds. The van der Waals surface area contributed by atoms with Gasteiger partial charge in [-0.1, -0.05) is 16.6 Å². The Morgan fingerprint density at radius 2 is 2.32 bits per heavy atom. The average molecular weight is 286 g/mol. The number of nitrogens with two attached hydrogens (primary N) is 1. The summed E-state index contributed by atoms with van der Waals surface area (Å²) in [6.45, 7) is -0.0471. The summed E-state index contributed by atoms with van der Waals surface area (Å²) in [6, 6.07) is 0. The van der Waals surface area contributed by atoms with Crippen molar-refractivity contribution in [1.29, 1.82) is 0 Å². The summed E-state index contributed by atoms with van der Waals surface area (Å²) in [5, 5.41) is 24.0. The number of carbonyl (C=O) groups is 1. The molecule has 0 spiro atoms. The number of carboxylic acid groups (broad SMARTS) is 1. The van der Waals surface area contributed by atoms with Gasteiger partial charge in [0.05, 0.1) is 12.7 Å². The van der Waals surface area contributed by atoms with Crippen LogP contribution in [0.5, 0.6) is 0 Å². The minimum absolute atomic E-state index is 0.0471. The van der Waals surface area contributed by atoms with Crippen LogP contribution in [0.1, 0.15) is 21.9 Å². The van der Waals surface area contributed by atoms with Crippen LogP contribution in [0.2, 0.25) is 0 Å². The number of aryl methyl sites for hydroxylation is 1. The molecule has 2 heterocycles. The Kier molecular flexibility index (Phi) is 4.00. The molecule has 102 valence electrons. The molecular formula is C9H11FN6O2S. The lowest BCUT2D eigenvalue weighted by molar-refractivity contribution is 0.0690. The summed E-state index contributed by atoms with van der Waals surface area (Å²) in [4.78, 5) is 10.6. The molecule has 0 fully saturated rings. The van der Waals surface area contributed by atoms with Gasteiger partial charge in [0.25, 0.3) is 0 Å². The standard InChI is InChI=1S/C9H11FN6O2S/c10-5(1-2-7-13-14-9(11)19-7)3-16-4-6(8(17)18)12-15-16/h4-5H,1-3H2,(H2,11,14)(H,17,18). The SMILES string of the molecule is Nc1nnc(CCC(F)Cn2cc(C(=O)O)nn2)s1. The van der Waals surface area contributed by atoms with Crippen molar-refractivity contribution in [1.82, 2.24) is 25.2 Å². The van der Waals surface area contributed by atoms with Crippen LogP contribution in [0.3, 0.4) is 0 Å². The number of nitrogen functional groups attached to an aromatic ring is 1. The average Bonchev–Trinajstić information content (AvgIpc) is 2.96. The molecule has 0 bridgehead atoms. The fourth-order valence-corrected chi connectivity index (χ4v) is 2.05. The first-order chi connectivity index (χ1) is 9.04. The zero-order valence-corrected chi connectivity index (χ0v) is 10.5. The Hall–Kier alpha value is -2.10. The zero-order chi connectivity index (χ0) is 13.8. The highest BCUT2D eigenvalue weighted by Crippen LogP contribution is 2.15. The molecule has 1 atom stereocenters. The fraction of sp³-hybridized carbons (Fsp3) is 0.444. The molecule has 2 rings (SSSR count). The molecule has 0 saturated carbocycles. The largest absolute Gasteiger partial charge is 0.476 e. The fourth-order valence-electron chi connectivity index (χ4n) is 1.43. The number of aromatic nitrogens is 5. The number of rotatable bonds is 6. The van der Waals surface area contributed by atoms with Crippen LogP contribution in [0.4, 0.5) is 9.52 Å². The van der Waals surface area contributed by atoms with Crippen molar-refractivity contribution in [2.45, 2.75) is 25.6 Å². The third-order valence-corrected chi connectivity index (χ3v) is 3.11. The van der Waals surface area contributed by atoms with E-state index in [4.69, 9.17) is 10.8 Å². The molecule has 10 heteroatoms. The van der Waals surface area contributed by atoms with E-state index in [0.29, 0.717) is 16.6 Å². The van der Waals surface area contributed by atoms with Crippen molar-refractivity contribution >= 4 is 22.4 Å². The second-order valence-corrected chi connectivity index (χ2v) is 4.89. The predicted octanol–water partition coefficient (Wildman–Crippen LogP) is 0.381. The third kappa shape index (κ3) is 3.68. The maximum atomic E-state index is 13.7. The van der Waals surface area contributed by atoms with Gasteiger partial charge in [-0.25, -0.2) is 13.9 Å². The van der Waals surface area contributed by atoms with Crippen molar-refractivity contribution < 1.29 is 14.3 Å². The van der Waals surface area contributed by atoms with Gasteiger partial charge < -0.3 is 10.8 Å². The number of hydrogen-bond acceptors (Lipinski definition) is 7. The summed E-state index contributed by atoms with van der Waals surface area (Å²) in [5.41, 5.74) is 5.21. The van der Waals surface area contributed by atoms with Crippen molar-refractivity contribution in [2.75, 3.05) is 5.73 Å². The topological polar surface area (TPSA) is 120 Å². The van der Waals surface area contributed by atoms with E-state index in [1.165, 1.54) is 22.2 Å². The quantitative estimate of drug-likeness (QED) is 0.787. The van der Waals surface area contributed by atoms with Gasteiger partial charge in [-0.15, -0.1) is 15.3 Å². The molecule has 0 aromatic carbocycles. The minimum Gasteiger partial charge on any atom is -0.476 e. The highest BCUT2D eigenvalue weighted by molar-refractivity contribution is 7.15. The first-order valence-electron chi connectivity index (χ1n) is 5.40. The van der Waals surface area contributed by atoms with Crippen molar-refractivity contribution in [2.24, 2.45) is 0 Å². The number of halogens is 1. The van der Waals surface area contributed by atoms with E-state index >= 15 is 0 Å². The van der Waals surface area contributed by atoms with Gasteiger partial charge in [0.1, 0.15) is 11.2 Å². The van der Waals surface area contributed by atoms with E-state index in [-0.39, 0.29) is 18.7 Å². The molecule has 3 N–H and O–H groups in total. The number of alkyl halides is 1. The summed E-state index contributed by atoms with van der Waals surface area (Å²) in [6.07, 6.45) is 0.680. The van der Waals surface area contributed by atoms with Crippen molar-refractivity contribution in [3.63, 3.8) is 0 Å². The van der Waals surface area contributed by atoms with Crippen LogP contribution in [0, 0.1) is 0 Å². The van der Waals surface area contributed by atoms with Crippen LogP contribution in [-0.4, -0.2) is 42.4 Å². The lowest BCUT2D eigenvalue weighted by atomic mass is 10.2. The molecule has 0 saturated heterocycles. The van der Waals surface area contributed by atoms with Gasteiger partial charge in [0, 0.05) is 6.42 Å². The molecule has 2 aromatic heterocycles. The van der Waals surface area contributed by atoms with Gasteiger partial charge in [-0.2, -0.15) is 0 Å². The molecular weight excluding hydrogens is 275 g/mol. The maximum absolute atomic E-state index is 13.7. The van der Waals surface area contributed by atoms with E-state index in [2.05, 4.69) is 20.5 Å². The Labute approximate surface area is 111 Å².